The number of esters is 1. The summed E-state index contributed by atoms with van der Waals surface area (Å²) in [5, 5.41) is 2.87. The maximum absolute atomic E-state index is 12.2. The van der Waals surface area contributed by atoms with Crippen molar-refractivity contribution >= 4 is 11.9 Å². The van der Waals surface area contributed by atoms with Crippen LogP contribution in [0, 0.1) is 5.92 Å². The lowest BCUT2D eigenvalue weighted by Crippen LogP contribution is -2.32. The number of hydrogen-bond donors (Lipinski definition) is 2. The molecule has 1 unspecified atom stereocenters. The topological polar surface area (TPSA) is 81.4 Å². The van der Waals surface area contributed by atoms with Gasteiger partial charge in [-0.05, 0) is 31.9 Å². The fourth-order valence-corrected chi connectivity index (χ4v) is 2.04. The molecule has 1 amide bonds. The van der Waals surface area contributed by atoms with Crippen LogP contribution in [-0.2, 0) is 20.9 Å². The quantitative estimate of drug-likeness (QED) is 0.678. The fourth-order valence-electron chi connectivity index (χ4n) is 2.04. The Hall–Kier alpha value is -1.88. The summed E-state index contributed by atoms with van der Waals surface area (Å²) >= 11 is 0. The van der Waals surface area contributed by atoms with E-state index in [1.807, 2.05) is 30.3 Å². The van der Waals surface area contributed by atoms with Crippen LogP contribution in [0.15, 0.2) is 30.3 Å². The van der Waals surface area contributed by atoms with Crippen molar-refractivity contribution in [1.29, 1.82) is 0 Å². The number of amides is 1. The fraction of sp³-hybridized carbons (Fsp3) is 0.500. The summed E-state index contributed by atoms with van der Waals surface area (Å²) in [6.07, 6.45) is 1.41. The summed E-state index contributed by atoms with van der Waals surface area (Å²) in [5.74, 6) is -0.842. The zero-order valence-electron chi connectivity index (χ0n) is 12.5. The first kappa shape index (κ1) is 17.2. The third-order valence-electron chi connectivity index (χ3n) is 3.16. The molecule has 0 aliphatic carbocycles. The van der Waals surface area contributed by atoms with E-state index in [1.165, 1.54) is 0 Å². The van der Waals surface area contributed by atoms with Crippen molar-refractivity contribution in [3.8, 4) is 0 Å². The van der Waals surface area contributed by atoms with Crippen molar-refractivity contribution in [3.63, 3.8) is 0 Å². The average molecular weight is 292 g/mol. The summed E-state index contributed by atoms with van der Waals surface area (Å²) in [5.41, 5.74) is 6.51. The van der Waals surface area contributed by atoms with Gasteiger partial charge in [0.2, 0.25) is 5.91 Å². The lowest BCUT2D eigenvalue weighted by molar-refractivity contribution is -0.146. The molecule has 1 atom stereocenters. The zero-order chi connectivity index (χ0) is 15.5. The molecule has 0 saturated heterocycles. The summed E-state index contributed by atoms with van der Waals surface area (Å²) in [6.45, 7) is 3.04. The molecule has 1 aromatic rings. The van der Waals surface area contributed by atoms with E-state index in [4.69, 9.17) is 10.5 Å². The van der Waals surface area contributed by atoms with Crippen LogP contribution in [0.4, 0.5) is 0 Å². The number of rotatable bonds is 9. The van der Waals surface area contributed by atoms with E-state index in [-0.39, 0.29) is 24.2 Å². The Bertz CT molecular complexity index is 434. The molecule has 0 bridgehead atoms. The third-order valence-corrected chi connectivity index (χ3v) is 3.16. The maximum Gasteiger partial charge on any atom is 0.306 e. The molecule has 3 N–H and O–H groups in total. The van der Waals surface area contributed by atoms with Gasteiger partial charge in [0.25, 0.3) is 0 Å². The Morgan fingerprint density at radius 1 is 1.29 bits per heavy atom. The van der Waals surface area contributed by atoms with Gasteiger partial charge in [-0.25, -0.2) is 0 Å². The van der Waals surface area contributed by atoms with E-state index in [2.05, 4.69) is 5.32 Å². The number of ether oxygens (including phenoxy) is 1. The predicted octanol–water partition coefficient (Wildman–Crippen LogP) is 1.61. The second-order valence-corrected chi connectivity index (χ2v) is 4.84. The second-order valence-electron chi connectivity index (χ2n) is 4.84. The molecule has 1 aromatic carbocycles. The summed E-state index contributed by atoms with van der Waals surface area (Å²) < 4.78 is 4.92. The highest BCUT2D eigenvalue weighted by Crippen LogP contribution is 2.13. The molecule has 1 rings (SSSR count). The van der Waals surface area contributed by atoms with E-state index in [0.29, 0.717) is 32.5 Å². The number of carbonyl (C=O) groups is 2. The van der Waals surface area contributed by atoms with E-state index < -0.39 is 0 Å². The van der Waals surface area contributed by atoms with Crippen molar-refractivity contribution < 1.29 is 14.3 Å². The number of nitrogens with one attached hydrogen (secondary N) is 1. The zero-order valence-corrected chi connectivity index (χ0v) is 12.5. The molecule has 21 heavy (non-hydrogen) atoms. The molecule has 116 valence electrons. The van der Waals surface area contributed by atoms with Crippen LogP contribution < -0.4 is 11.1 Å². The summed E-state index contributed by atoms with van der Waals surface area (Å²) in [6, 6.07) is 9.66. The monoisotopic (exact) mass is 292 g/mol. The Morgan fingerprint density at radius 2 is 2.00 bits per heavy atom. The molecular formula is C16H24N2O3. The van der Waals surface area contributed by atoms with Gasteiger partial charge in [-0.1, -0.05) is 30.3 Å². The molecule has 5 nitrogen and oxygen atoms in total. The minimum Gasteiger partial charge on any atom is -0.466 e. The summed E-state index contributed by atoms with van der Waals surface area (Å²) in [7, 11) is 0. The summed E-state index contributed by atoms with van der Waals surface area (Å²) in [4.78, 5) is 23.8. The van der Waals surface area contributed by atoms with Crippen LogP contribution in [0.1, 0.15) is 31.7 Å². The lowest BCUT2D eigenvalue weighted by Gasteiger charge is -2.16. The minimum absolute atomic E-state index is 0.106. The van der Waals surface area contributed by atoms with Crippen LogP contribution in [0.2, 0.25) is 0 Å². The number of hydrogen-bond acceptors (Lipinski definition) is 4. The second kappa shape index (κ2) is 9.94. The highest BCUT2D eigenvalue weighted by molar-refractivity contribution is 5.83. The molecule has 0 aliphatic heterocycles. The number of carbonyl (C=O) groups excluding carboxylic acids is 2. The standard InChI is InChI=1S/C16H24N2O3/c1-2-21-15(19)11-14(9-6-10-17)16(20)18-12-13-7-4-3-5-8-13/h3-5,7-8,14H,2,6,9-12,17H2,1H3,(H,18,20). The largest absolute Gasteiger partial charge is 0.466 e. The predicted molar refractivity (Wildman–Crippen MR) is 81.3 cm³/mol. The van der Waals surface area contributed by atoms with Gasteiger partial charge in [-0.2, -0.15) is 0 Å². The third kappa shape index (κ3) is 6.90. The van der Waals surface area contributed by atoms with Gasteiger partial charge in [0, 0.05) is 12.5 Å². The van der Waals surface area contributed by atoms with Gasteiger partial charge in [0.15, 0.2) is 0 Å². The molecule has 0 aromatic heterocycles. The van der Waals surface area contributed by atoms with Crippen molar-refractivity contribution in [2.45, 2.75) is 32.7 Å². The minimum atomic E-state index is -0.378. The van der Waals surface area contributed by atoms with Crippen LogP contribution in [0.5, 0.6) is 0 Å². The van der Waals surface area contributed by atoms with E-state index in [1.54, 1.807) is 6.92 Å². The van der Waals surface area contributed by atoms with Crippen LogP contribution >= 0.6 is 0 Å². The van der Waals surface area contributed by atoms with Crippen LogP contribution in [0.25, 0.3) is 0 Å². The smallest absolute Gasteiger partial charge is 0.306 e. The van der Waals surface area contributed by atoms with Crippen molar-refractivity contribution in [3.05, 3.63) is 35.9 Å². The molecular weight excluding hydrogens is 268 g/mol. The van der Waals surface area contributed by atoms with E-state index >= 15 is 0 Å². The van der Waals surface area contributed by atoms with Gasteiger partial charge in [0.1, 0.15) is 0 Å². The molecule has 0 fully saturated rings. The average Bonchev–Trinajstić information content (AvgIpc) is 2.50. The molecule has 0 radical (unpaired) electrons. The highest BCUT2D eigenvalue weighted by Gasteiger charge is 2.21. The first-order chi connectivity index (χ1) is 10.2. The number of benzene rings is 1. The molecule has 5 heteroatoms. The Labute approximate surface area is 125 Å². The first-order valence-corrected chi connectivity index (χ1v) is 7.34. The van der Waals surface area contributed by atoms with Crippen LogP contribution in [-0.4, -0.2) is 25.0 Å². The van der Waals surface area contributed by atoms with Gasteiger partial charge in [0.05, 0.1) is 13.0 Å². The SMILES string of the molecule is CCOC(=O)CC(CCCN)C(=O)NCc1ccccc1. The van der Waals surface area contributed by atoms with E-state index in [9.17, 15) is 9.59 Å². The first-order valence-electron chi connectivity index (χ1n) is 7.34. The highest BCUT2D eigenvalue weighted by atomic mass is 16.5. The van der Waals surface area contributed by atoms with Crippen LogP contribution in [0.3, 0.4) is 0 Å². The van der Waals surface area contributed by atoms with Crippen molar-refractivity contribution in [1.82, 2.24) is 5.32 Å². The normalized spacial score (nSPS) is 11.7. The van der Waals surface area contributed by atoms with Crippen molar-refractivity contribution in [2.24, 2.45) is 11.7 Å². The molecule has 0 heterocycles. The maximum atomic E-state index is 12.2. The van der Waals surface area contributed by atoms with Gasteiger partial charge < -0.3 is 15.8 Å². The Kier molecular flexibility index (Phi) is 8.12. The number of nitrogens with two attached hydrogens (primary N) is 1. The van der Waals surface area contributed by atoms with Gasteiger partial charge in [-0.3, -0.25) is 9.59 Å². The molecule has 0 aliphatic rings. The molecule has 0 spiro atoms. The van der Waals surface area contributed by atoms with Gasteiger partial charge in [-0.15, -0.1) is 0 Å². The van der Waals surface area contributed by atoms with Crippen molar-refractivity contribution in [2.75, 3.05) is 13.2 Å². The Balaban J connectivity index is 2.51. The van der Waals surface area contributed by atoms with E-state index in [0.717, 1.165) is 5.56 Å². The lowest BCUT2D eigenvalue weighted by atomic mass is 9.98. The molecule has 0 saturated carbocycles. The Morgan fingerprint density at radius 3 is 2.62 bits per heavy atom. The van der Waals surface area contributed by atoms with Gasteiger partial charge >= 0.3 is 5.97 Å².